The lowest BCUT2D eigenvalue weighted by Gasteiger charge is -2.28. The van der Waals surface area contributed by atoms with Crippen molar-refractivity contribution >= 4 is 34.4 Å². The summed E-state index contributed by atoms with van der Waals surface area (Å²) in [6, 6.07) is 8.27. The SMILES string of the molecule is CCN(CC1CCCC1)c1nc2ccc(OC)cc2cc1CNc1ncc(OCCSC)cn1. The summed E-state index contributed by atoms with van der Waals surface area (Å²) in [5.41, 5.74) is 2.11. The van der Waals surface area contributed by atoms with Gasteiger partial charge in [0.1, 0.15) is 11.6 Å². The van der Waals surface area contributed by atoms with E-state index >= 15 is 0 Å². The number of aromatic nitrogens is 3. The van der Waals surface area contributed by atoms with E-state index in [-0.39, 0.29) is 0 Å². The van der Waals surface area contributed by atoms with Crippen LogP contribution in [0.4, 0.5) is 11.8 Å². The van der Waals surface area contributed by atoms with E-state index < -0.39 is 0 Å². The van der Waals surface area contributed by atoms with Gasteiger partial charge < -0.3 is 19.7 Å². The molecule has 1 fully saturated rings. The standard InChI is InChI=1S/C26H35N5O2S/c1-4-31(18-19-7-5-6-8-19)25-21(13-20-14-22(32-2)9-10-24(20)30-25)15-27-26-28-16-23(17-29-26)33-11-12-34-3/h9-10,13-14,16-17,19H,4-8,11-12,15,18H2,1-3H3,(H,27,28,29). The second-order valence-corrected chi connectivity index (χ2v) is 9.64. The molecule has 2 heterocycles. The summed E-state index contributed by atoms with van der Waals surface area (Å²) in [5.74, 6) is 4.82. The summed E-state index contributed by atoms with van der Waals surface area (Å²) in [6.07, 6.45) is 10.8. The molecule has 1 aliphatic rings. The zero-order valence-electron chi connectivity index (χ0n) is 20.4. The van der Waals surface area contributed by atoms with Crippen molar-refractivity contribution in [3.63, 3.8) is 0 Å². The quantitative estimate of drug-likeness (QED) is 0.345. The minimum absolute atomic E-state index is 0.577. The molecule has 0 unspecified atom stereocenters. The number of benzene rings is 1. The second-order valence-electron chi connectivity index (χ2n) is 8.66. The number of nitrogens with zero attached hydrogens (tertiary/aromatic N) is 4. The summed E-state index contributed by atoms with van der Waals surface area (Å²) in [5, 5.41) is 4.45. The van der Waals surface area contributed by atoms with E-state index in [0.717, 1.165) is 52.8 Å². The molecule has 1 saturated carbocycles. The lowest BCUT2D eigenvalue weighted by molar-refractivity contribution is 0.341. The number of rotatable bonds is 12. The molecular formula is C26H35N5O2S. The van der Waals surface area contributed by atoms with Gasteiger partial charge in [-0.25, -0.2) is 15.0 Å². The average molecular weight is 482 g/mol. The van der Waals surface area contributed by atoms with Gasteiger partial charge in [-0.15, -0.1) is 0 Å². The largest absolute Gasteiger partial charge is 0.497 e. The maximum Gasteiger partial charge on any atom is 0.223 e. The Hall–Kier alpha value is -2.74. The minimum atomic E-state index is 0.577. The molecule has 0 spiro atoms. The first kappa shape index (κ1) is 24.4. The zero-order valence-corrected chi connectivity index (χ0v) is 21.2. The van der Waals surface area contributed by atoms with Crippen LogP contribution in [0, 0.1) is 5.92 Å². The molecule has 1 aliphatic carbocycles. The first-order chi connectivity index (χ1) is 16.7. The van der Waals surface area contributed by atoms with Crippen LogP contribution in [0.3, 0.4) is 0 Å². The van der Waals surface area contributed by atoms with Crippen molar-refractivity contribution in [1.29, 1.82) is 0 Å². The predicted molar refractivity (Wildman–Crippen MR) is 141 cm³/mol. The number of methoxy groups -OCH3 is 1. The minimum Gasteiger partial charge on any atom is -0.497 e. The van der Waals surface area contributed by atoms with Crippen LogP contribution >= 0.6 is 11.8 Å². The number of nitrogens with one attached hydrogen (secondary N) is 1. The Morgan fingerprint density at radius 1 is 1.12 bits per heavy atom. The summed E-state index contributed by atoms with van der Waals surface area (Å²) in [4.78, 5) is 16.4. The summed E-state index contributed by atoms with van der Waals surface area (Å²) in [7, 11) is 1.69. The molecule has 3 aromatic rings. The number of ether oxygens (including phenoxy) is 2. The molecule has 182 valence electrons. The number of fused-ring (bicyclic) bond motifs is 1. The molecule has 1 aromatic carbocycles. The molecule has 1 N–H and O–H groups in total. The van der Waals surface area contributed by atoms with Gasteiger partial charge in [-0.2, -0.15) is 11.8 Å². The average Bonchev–Trinajstić information content (AvgIpc) is 3.39. The Morgan fingerprint density at radius 3 is 2.62 bits per heavy atom. The summed E-state index contributed by atoms with van der Waals surface area (Å²) < 4.78 is 11.1. The van der Waals surface area contributed by atoms with Crippen molar-refractivity contribution < 1.29 is 9.47 Å². The van der Waals surface area contributed by atoms with Gasteiger partial charge in [0.2, 0.25) is 5.95 Å². The molecule has 0 saturated heterocycles. The molecule has 4 rings (SSSR count). The van der Waals surface area contributed by atoms with Crippen molar-refractivity contribution in [2.75, 3.05) is 49.0 Å². The highest BCUT2D eigenvalue weighted by molar-refractivity contribution is 7.98. The van der Waals surface area contributed by atoms with E-state index in [1.54, 1.807) is 31.3 Å². The molecule has 34 heavy (non-hydrogen) atoms. The lowest BCUT2D eigenvalue weighted by atomic mass is 10.1. The Kier molecular flexibility index (Phi) is 8.68. The first-order valence-corrected chi connectivity index (χ1v) is 13.5. The van der Waals surface area contributed by atoms with Crippen LogP contribution in [0.5, 0.6) is 11.5 Å². The highest BCUT2D eigenvalue weighted by Crippen LogP contribution is 2.31. The van der Waals surface area contributed by atoms with E-state index in [4.69, 9.17) is 14.5 Å². The van der Waals surface area contributed by atoms with E-state index in [1.807, 2.05) is 18.2 Å². The van der Waals surface area contributed by atoms with Crippen LogP contribution in [0.15, 0.2) is 36.7 Å². The predicted octanol–water partition coefficient (Wildman–Crippen LogP) is 5.40. The Labute approximate surface area is 206 Å². The van der Waals surface area contributed by atoms with Crippen molar-refractivity contribution in [3.8, 4) is 11.5 Å². The Balaban J connectivity index is 1.56. The summed E-state index contributed by atoms with van der Waals surface area (Å²) >= 11 is 1.75. The Bertz CT molecular complexity index is 1060. The fourth-order valence-corrected chi connectivity index (χ4v) is 4.74. The fraction of sp³-hybridized carbons (Fsp3) is 0.500. The Morgan fingerprint density at radius 2 is 1.91 bits per heavy atom. The molecule has 0 aliphatic heterocycles. The number of hydrogen-bond acceptors (Lipinski definition) is 8. The number of pyridine rings is 1. The molecule has 0 atom stereocenters. The molecule has 2 aromatic heterocycles. The summed E-state index contributed by atoms with van der Waals surface area (Å²) in [6.45, 7) is 5.43. The third kappa shape index (κ3) is 6.23. The molecule has 8 heteroatoms. The maximum atomic E-state index is 5.66. The highest BCUT2D eigenvalue weighted by Gasteiger charge is 2.21. The first-order valence-electron chi connectivity index (χ1n) is 12.1. The molecule has 0 radical (unpaired) electrons. The monoisotopic (exact) mass is 481 g/mol. The van der Waals surface area contributed by atoms with Gasteiger partial charge in [-0.3, -0.25) is 0 Å². The van der Waals surface area contributed by atoms with Gasteiger partial charge >= 0.3 is 0 Å². The second kappa shape index (κ2) is 12.1. The number of hydrogen-bond donors (Lipinski definition) is 1. The van der Waals surface area contributed by atoms with Crippen molar-refractivity contribution in [2.45, 2.75) is 39.2 Å². The van der Waals surface area contributed by atoms with Gasteiger partial charge in [0, 0.05) is 36.3 Å². The van der Waals surface area contributed by atoms with Crippen molar-refractivity contribution in [2.24, 2.45) is 5.92 Å². The van der Waals surface area contributed by atoms with Gasteiger partial charge in [0.05, 0.1) is 31.6 Å². The molecular weight excluding hydrogens is 446 g/mol. The third-order valence-electron chi connectivity index (χ3n) is 6.33. The zero-order chi connectivity index (χ0) is 23.8. The van der Waals surface area contributed by atoms with Crippen molar-refractivity contribution in [1.82, 2.24) is 15.0 Å². The fourth-order valence-electron chi connectivity index (χ4n) is 4.49. The molecule has 7 nitrogen and oxygen atoms in total. The highest BCUT2D eigenvalue weighted by atomic mass is 32.2. The van der Waals surface area contributed by atoms with Gasteiger partial charge in [-0.1, -0.05) is 12.8 Å². The molecule has 0 amide bonds. The van der Waals surface area contributed by atoms with Crippen LogP contribution in [0.25, 0.3) is 10.9 Å². The number of thioether (sulfide) groups is 1. The van der Waals surface area contributed by atoms with E-state index in [1.165, 1.54) is 25.7 Å². The lowest BCUT2D eigenvalue weighted by Crippen LogP contribution is -2.30. The van der Waals surface area contributed by atoms with Gasteiger partial charge in [0.25, 0.3) is 0 Å². The van der Waals surface area contributed by atoms with Crippen LogP contribution < -0.4 is 19.7 Å². The van der Waals surface area contributed by atoms with Crippen molar-refractivity contribution in [3.05, 3.63) is 42.2 Å². The maximum absolute atomic E-state index is 5.66. The smallest absolute Gasteiger partial charge is 0.223 e. The van der Waals surface area contributed by atoms with E-state index in [2.05, 4.69) is 39.4 Å². The van der Waals surface area contributed by atoms with Crippen LogP contribution in [-0.4, -0.2) is 53.8 Å². The van der Waals surface area contributed by atoms with Gasteiger partial charge in [0.15, 0.2) is 5.75 Å². The molecule has 0 bridgehead atoms. The third-order valence-corrected chi connectivity index (χ3v) is 6.91. The van der Waals surface area contributed by atoms with Crippen LogP contribution in [0.1, 0.15) is 38.2 Å². The van der Waals surface area contributed by atoms with Crippen LogP contribution in [-0.2, 0) is 6.54 Å². The van der Waals surface area contributed by atoms with Gasteiger partial charge in [-0.05, 0) is 56.2 Å². The topological polar surface area (TPSA) is 72.4 Å². The van der Waals surface area contributed by atoms with E-state index in [0.29, 0.717) is 24.8 Å². The number of anilines is 2. The van der Waals surface area contributed by atoms with Crippen LogP contribution in [0.2, 0.25) is 0 Å². The normalized spacial score (nSPS) is 13.9. The van der Waals surface area contributed by atoms with E-state index in [9.17, 15) is 0 Å².